The molecule has 1 unspecified atom stereocenters. The van der Waals surface area contributed by atoms with Crippen molar-refractivity contribution in [1.82, 2.24) is 0 Å². The molecule has 0 aliphatic heterocycles. The second-order valence-electron chi connectivity index (χ2n) is 6.82. The molecule has 1 heteroatoms. The van der Waals surface area contributed by atoms with Crippen LogP contribution in [0.5, 0.6) is 0 Å². The number of rotatable bonds is 3. The quantitative estimate of drug-likeness (QED) is 0.885. The van der Waals surface area contributed by atoms with Gasteiger partial charge in [0.05, 0.1) is 0 Å². The number of aryl methyl sites for hydroxylation is 2. The number of benzene rings is 2. The molecule has 0 bridgehead atoms. The van der Waals surface area contributed by atoms with Gasteiger partial charge in [-0.2, -0.15) is 0 Å². The summed E-state index contributed by atoms with van der Waals surface area (Å²) in [6.07, 6.45) is 2.81. The zero-order chi connectivity index (χ0) is 15.0. The van der Waals surface area contributed by atoms with E-state index in [0.717, 1.165) is 30.4 Å². The maximum Gasteiger partial charge on any atom is 0.115 e. The van der Waals surface area contributed by atoms with E-state index in [1.165, 1.54) is 16.7 Å². The van der Waals surface area contributed by atoms with Gasteiger partial charge in [0, 0.05) is 0 Å². The van der Waals surface area contributed by atoms with Gasteiger partial charge >= 0.3 is 0 Å². The predicted molar refractivity (Wildman–Crippen MR) is 87.5 cm³/mol. The van der Waals surface area contributed by atoms with E-state index in [9.17, 15) is 5.11 Å². The third-order valence-electron chi connectivity index (χ3n) is 4.52. The highest BCUT2D eigenvalue weighted by atomic mass is 16.3. The maximum atomic E-state index is 11.3. The SMILES string of the molecule is Cc1ccc2c(c1)C(O)(c1cccc(CC(C)C)c1)CC2. The first-order valence-electron chi connectivity index (χ1n) is 7.91. The van der Waals surface area contributed by atoms with Crippen molar-refractivity contribution >= 4 is 0 Å². The van der Waals surface area contributed by atoms with Crippen LogP contribution in [0.15, 0.2) is 42.5 Å². The molecule has 2 aromatic rings. The van der Waals surface area contributed by atoms with Crippen molar-refractivity contribution in [2.24, 2.45) is 5.92 Å². The van der Waals surface area contributed by atoms with Gasteiger partial charge in [0.1, 0.15) is 5.60 Å². The van der Waals surface area contributed by atoms with E-state index >= 15 is 0 Å². The number of hydrogen-bond acceptors (Lipinski definition) is 1. The zero-order valence-corrected chi connectivity index (χ0v) is 13.2. The van der Waals surface area contributed by atoms with E-state index in [2.05, 4.69) is 63.2 Å². The van der Waals surface area contributed by atoms with Gasteiger partial charge in [-0.3, -0.25) is 0 Å². The summed E-state index contributed by atoms with van der Waals surface area (Å²) in [6.45, 7) is 6.56. The molecule has 0 spiro atoms. The summed E-state index contributed by atoms with van der Waals surface area (Å²) in [7, 11) is 0. The molecular formula is C20H24O. The average molecular weight is 280 g/mol. The summed E-state index contributed by atoms with van der Waals surface area (Å²) in [5.74, 6) is 0.632. The molecule has 1 aliphatic rings. The lowest BCUT2D eigenvalue weighted by Crippen LogP contribution is -2.24. The monoisotopic (exact) mass is 280 g/mol. The van der Waals surface area contributed by atoms with Gasteiger partial charge in [-0.1, -0.05) is 61.9 Å². The van der Waals surface area contributed by atoms with Gasteiger partial charge < -0.3 is 5.11 Å². The normalized spacial score (nSPS) is 20.8. The highest BCUT2D eigenvalue weighted by molar-refractivity contribution is 5.47. The molecule has 1 N–H and O–H groups in total. The summed E-state index contributed by atoms with van der Waals surface area (Å²) in [5, 5.41) is 11.3. The highest BCUT2D eigenvalue weighted by Crippen LogP contribution is 2.42. The fourth-order valence-electron chi connectivity index (χ4n) is 3.47. The Kier molecular flexibility index (Phi) is 3.62. The first kappa shape index (κ1) is 14.3. The molecule has 21 heavy (non-hydrogen) atoms. The molecule has 0 saturated carbocycles. The molecule has 2 aromatic carbocycles. The Hall–Kier alpha value is -1.60. The average Bonchev–Trinajstić information content (AvgIpc) is 2.77. The third kappa shape index (κ3) is 2.63. The van der Waals surface area contributed by atoms with E-state index in [-0.39, 0.29) is 0 Å². The summed E-state index contributed by atoms with van der Waals surface area (Å²) in [5.41, 5.74) is 5.16. The van der Waals surface area contributed by atoms with E-state index in [1.807, 2.05) is 0 Å². The van der Waals surface area contributed by atoms with Crippen LogP contribution in [0.3, 0.4) is 0 Å². The molecule has 1 atom stereocenters. The Morgan fingerprint density at radius 1 is 1.14 bits per heavy atom. The first-order valence-corrected chi connectivity index (χ1v) is 7.91. The second-order valence-corrected chi connectivity index (χ2v) is 6.82. The van der Waals surface area contributed by atoms with Gasteiger partial charge in [0.15, 0.2) is 0 Å². The highest BCUT2D eigenvalue weighted by Gasteiger charge is 2.38. The molecule has 1 nitrogen and oxygen atoms in total. The van der Waals surface area contributed by atoms with Crippen molar-refractivity contribution in [3.05, 3.63) is 70.3 Å². The molecule has 1 aliphatic carbocycles. The van der Waals surface area contributed by atoms with Gasteiger partial charge in [-0.25, -0.2) is 0 Å². The minimum atomic E-state index is -0.811. The number of aliphatic hydroxyl groups is 1. The summed E-state index contributed by atoms with van der Waals surface area (Å²) in [4.78, 5) is 0. The van der Waals surface area contributed by atoms with Crippen LogP contribution in [-0.2, 0) is 18.4 Å². The molecule has 0 aromatic heterocycles. The lowest BCUT2D eigenvalue weighted by molar-refractivity contribution is 0.0828. The van der Waals surface area contributed by atoms with Crippen LogP contribution in [-0.4, -0.2) is 5.11 Å². The minimum absolute atomic E-state index is 0.632. The van der Waals surface area contributed by atoms with Crippen molar-refractivity contribution in [3.8, 4) is 0 Å². The summed E-state index contributed by atoms with van der Waals surface area (Å²) >= 11 is 0. The van der Waals surface area contributed by atoms with Gasteiger partial charge in [-0.15, -0.1) is 0 Å². The molecule has 0 amide bonds. The molecule has 110 valence electrons. The first-order chi connectivity index (χ1) is 9.99. The van der Waals surface area contributed by atoms with Crippen LogP contribution >= 0.6 is 0 Å². The van der Waals surface area contributed by atoms with E-state index in [4.69, 9.17) is 0 Å². The molecule has 0 fully saturated rings. The largest absolute Gasteiger partial charge is 0.380 e. The smallest absolute Gasteiger partial charge is 0.115 e. The molecule has 3 rings (SSSR count). The van der Waals surface area contributed by atoms with Gasteiger partial charge in [-0.05, 0) is 54.4 Å². The van der Waals surface area contributed by atoms with Crippen molar-refractivity contribution in [2.45, 2.75) is 45.6 Å². The van der Waals surface area contributed by atoms with Crippen molar-refractivity contribution < 1.29 is 5.11 Å². The lowest BCUT2D eigenvalue weighted by atomic mass is 9.85. The van der Waals surface area contributed by atoms with E-state index < -0.39 is 5.60 Å². The topological polar surface area (TPSA) is 20.2 Å². The summed E-state index contributed by atoms with van der Waals surface area (Å²) < 4.78 is 0. The standard InChI is InChI=1S/C20H24O/c1-14(2)11-16-5-4-6-18(13-16)20(21)10-9-17-8-7-15(3)12-19(17)20/h4-8,12-14,21H,9-11H2,1-3H3. The molecule has 0 saturated heterocycles. The van der Waals surface area contributed by atoms with Crippen LogP contribution in [0.4, 0.5) is 0 Å². The Bertz CT molecular complexity index is 657. The van der Waals surface area contributed by atoms with Crippen molar-refractivity contribution in [1.29, 1.82) is 0 Å². The Labute approximate surface area is 127 Å². The Balaban J connectivity index is 2.03. The Morgan fingerprint density at radius 2 is 1.95 bits per heavy atom. The van der Waals surface area contributed by atoms with Crippen LogP contribution < -0.4 is 0 Å². The second kappa shape index (κ2) is 5.31. The van der Waals surface area contributed by atoms with Crippen molar-refractivity contribution in [2.75, 3.05) is 0 Å². The fourth-order valence-corrected chi connectivity index (χ4v) is 3.47. The zero-order valence-electron chi connectivity index (χ0n) is 13.2. The summed E-state index contributed by atoms with van der Waals surface area (Å²) in [6, 6.07) is 15.0. The fraction of sp³-hybridized carbons (Fsp3) is 0.400. The predicted octanol–water partition coefficient (Wildman–Crippen LogP) is 4.38. The maximum absolute atomic E-state index is 11.3. The van der Waals surface area contributed by atoms with Gasteiger partial charge in [0.2, 0.25) is 0 Å². The van der Waals surface area contributed by atoms with Crippen LogP contribution in [0.1, 0.15) is 48.1 Å². The number of hydrogen-bond donors (Lipinski definition) is 1. The van der Waals surface area contributed by atoms with Gasteiger partial charge in [0.25, 0.3) is 0 Å². The Morgan fingerprint density at radius 3 is 2.71 bits per heavy atom. The third-order valence-corrected chi connectivity index (χ3v) is 4.52. The van der Waals surface area contributed by atoms with E-state index in [1.54, 1.807) is 0 Å². The van der Waals surface area contributed by atoms with Crippen LogP contribution in [0.2, 0.25) is 0 Å². The molecular weight excluding hydrogens is 256 g/mol. The lowest BCUT2D eigenvalue weighted by Gasteiger charge is -2.26. The van der Waals surface area contributed by atoms with E-state index in [0.29, 0.717) is 5.92 Å². The van der Waals surface area contributed by atoms with Crippen LogP contribution in [0.25, 0.3) is 0 Å². The van der Waals surface area contributed by atoms with Crippen LogP contribution in [0, 0.1) is 12.8 Å². The molecule has 0 heterocycles. The van der Waals surface area contributed by atoms with Crippen molar-refractivity contribution in [3.63, 3.8) is 0 Å². The number of fused-ring (bicyclic) bond motifs is 1. The molecule has 0 radical (unpaired) electrons. The minimum Gasteiger partial charge on any atom is -0.380 e.